The summed E-state index contributed by atoms with van der Waals surface area (Å²) in [7, 11) is 0. The lowest BCUT2D eigenvalue weighted by Gasteiger charge is -2.09. The minimum absolute atomic E-state index is 0.0947. The number of nitrogens with one attached hydrogen (secondary N) is 2. The van der Waals surface area contributed by atoms with Crippen LogP contribution in [0.1, 0.15) is 34.0 Å². The average Bonchev–Trinajstić information content (AvgIpc) is 3.21. The number of hydrazine groups is 1. The summed E-state index contributed by atoms with van der Waals surface area (Å²) in [6, 6.07) is 15.6. The maximum atomic E-state index is 12.3. The number of amides is 2. The third-order valence-corrected chi connectivity index (χ3v) is 5.99. The van der Waals surface area contributed by atoms with E-state index in [9.17, 15) is 9.59 Å². The van der Waals surface area contributed by atoms with Gasteiger partial charge in [0.1, 0.15) is 0 Å². The number of thioether (sulfide) groups is 1. The van der Waals surface area contributed by atoms with Crippen molar-refractivity contribution < 1.29 is 9.59 Å². The van der Waals surface area contributed by atoms with Crippen LogP contribution < -0.4 is 10.9 Å². The zero-order chi connectivity index (χ0) is 22.0. The van der Waals surface area contributed by atoms with Gasteiger partial charge in [-0.3, -0.25) is 24.8 Å². The first-order valence-corrected chi connectivity index (χ1v) is 11.0. The molecule has 0 spiro atoms. The number of rotatable bonds is 5. The zero-order valence-corrected chi connectivity index (χ0v) is 18.4. The summed E-state index contributed by atoms with van der Waals surface area (Å²) >= 11 is 1.27. The molecule has 0 radical (unpaired) electrons. The van der Waals surface area contributed by atoms with Crippen LogP contribution in [0.5, 0.6) is 0 Å². The second-order valence-corrected chi connectivity index (χ2v) is 8.32. The molecule has 0 saturated heterocycles. The lowest BCUT2D eigenvalue weighted by molar-refractivity contribution is -0.119. The number of benzene rings is 2. The highest BCUT2D eigenvalue weighted by Crippen LogP contribution is 2.26. The molecule has 2 aromatic carbocycles. The van der Waals surface area contributed by atoms with Crippen molar-refractivity contribution in [3.05, 3.63) is 70.8 Å². The fraction of sp³-hybridized carbons (Fsp3) is 0.217. The van der Waals surface area contributed by atoms with Gasteiger partial charge >= 0.3 is 0 Å². The molecule has 7 nitrogen and oxygen atoms in total. The molecule has 0 bridgehead atoms. The molecule has 2 N–H and O–H groups in total. The first-order valence-electron chi connectivity index (χ1n) is 10.0. The Hall–Kier alpha value is -3.39. The predicted octanol–water partition coefficient (Wildman–Crippen LogP) is 3.62. The predicted molar refractivity (Wildman–Crippen MR) is 122 cm³/mol. The Morgan fingerprint density at radius 3 is 2.52 bits per heavy atom. The number of hydrogen-bond donors (Lipinski definition) is 2. The van der Waals surface area contributed by atoms with E-state index in [1.165, 1.54) is 17.3 Å². The number of carbonyl (C=O) groups is 2. The number of fused-ring (bicyclic) bond motifs is 3. The number of aryl methyl sites for hydroxylation is 3. The number of aromatic nitrogens is 3. The van der Waals surface area contributed by atoms with E-state index in [4.69, 9.17) is 0 Å². The van der Waals surface area contributed by atoms with Gasteiger partial charge in [-0.25, -0.2) is 0 Å². The van der Waals surface area contributed by atoms with Gasteiger partial charge in [0.2, 0.25) is 5.91 Å². The Bertz CT molecular complexity index is 1280. The molecule has 2 amide bonds. The number of pyridine rings is 1. The fourth-order valence-electron chi connectivity index (χ4n) is 3.35. The minimum Gasteiger partial charge on any atom is -0.272 e. The van der Waals surface area contributed by atoms with Crippen LogP contribution in [-0.4, -0.2) is 32.2 Å². The lowest BCUT2D eigenvalue weighted by Crippen LogP contribution is -2.42. The fourth-order valence-corrected chi connectivity index (χ4v) is 4.09. The summed E-state index contributed by atoms with van der Waals surface area (Å²) in [6.45, 7) is 6.08. The molecule has 0 atom stereocenters. The molecule has 0 aliphatic carbocycles. The van der Waals surface area contributed by atoms with Gasteiger partial charge in [-0.05, 0) is 67.1 Å². The minimum atomic E-state index is -0.361. The van der Waals surface area contributed by atoms with Crippen LogP contribution in [0.15, 0.2) is 53.7 Å². The first kappa shape index (κ1) is 20.9. The molecule has 2 aromatic heterocycles. The third-order valence-electron chi connectivity index (χ3n) is 5.06. The van der Waals surface area contributed by atoms with Gasteiger partial charge in [-0.2, -0.15) is 0 Å². The maximum Gasteiger partial charge on any atom is 0.269 e. The Morgan fingerprint density at radius 2 is 1.77 bits per heavy atom. The zero-order valence-electron chi connectivity index (χ0n) is 17.6. The van der Waals surface area contributed by atoms with E-state index in [1.54, 1.807) is 12.1 Å². The molecular formula is C23H23N5O2S. The van der Waals surface area contributed by atoms with Gasteiger partial charge in [0.15, 0.2) is 10.8 Å². The van der Waals surface area contributed by atoms with Gasteiger partial charge in [-0.1, -0.05) is 42.4 Å². The third kappa shape index (κ3) is 4.39. The Kier molecular flexibility index (Phi) is 5.90. The molecule has 0 aliphatic rings. The molecule has 8 heteroatoms. The summed E-state index contributed by atoms with van der Waals surface area (Å²) in [5, 5.41) is 10.3. The highest BCUT2D eigenvalue weighted by atomic mass is 32.2. The van der Waals surface area contributed by atoms with E-state index in [-0.39, 0.29) is 17.6 Å². The van der Waals surface area contributed by atoms with Crippen molar-refractivity contribution in [2.24, 2.45) is 0 Å². The topological polar surface area (TPSA) is 88.4 Å². The van der Waals surface area contributed by atoms with E-state index in [1.807, 2.05) is 30.4 Å². The largest absolute Gasteiger partial charge is 0.272 e. The highest BCUT2D eigenvalue weighted by Gasteiger charge is 2.14. The first-order chi connectivity index (χ1) is 15.0. The second kappa shape index (κ2) is 8.77. The van der Waals surface area contributed by atoms with Crippen LogP contribution in [-0.2, 0) is 11.2 Å². The summed E-state index contributed by atoms with van der Waals surface area (Å²) in [4.78, 5) is 24.4. The number of carbonyl (C=O) groups excluding carboxylic acids is 2. The van der Waals surface area contributed by atoms with Gasteiger partial charge in [0, 0.05) is 5.56 Å². The van der Waals surface area contributed by atoms with Crippen LogP contribution in [0.4, 0.5) is 0 Å². The normalized spacial score (nSPS) is 11.1. The molecule has 4 aromatic rings. The van der Waals surface area contributed by atoms with Crippen LogP contribution >= 0.6 is 11.8 Å². The van der Waals surface area contributed by atoms with Gasteiger partial charge in [0.05, 0.1) is 11.3 Å². The van der Waals surface area contributed by atoms with E-state index >= 15 is 0 Å². The number of hydrogen-bond acceptors (Lipinski definition) is 5. The van der Waals surface area contributed by atoms with E-state index in [2.05, 4.69) is 52.2 Å². The molecular weight excluding hydrogens is 410 g/mol. The number of nitrogens with zero attached hydrogens (tertiary/aromatic N) is 3. The van der Waals surface area contributed by atoms with Gasteiger partial charge < -0.3 is 0 Å². The molecule has 2 heterocycles. The monoisotopic (exact) mass is 433 g/mol. The standard InChI is InChI=1S/C23H23N5O2S/c1-4-16-7-10-19-18(12-16)11-15(3)21-25-27-23(28(19)21)31-13-20(29)24-26-22(30)17-8-5-14(2)6-9-17/h5-12H,4,13H2,1-3H3,(H,24,29)(H,26,30). The molecule has 0 fully saturated rings. The Balaban J connectivity index is 1.46. The molecule has 158 valence electrons. The summed E-state index contributed by atoms with van der Waals surface area (Å²) in [5.41, 5.74) is 10.5. The quantitative estimate of drug-likeness (QED) is 0.371. The SMILES string of the molecule is CCc1ccc2c(c1)cc(C)c1nnc(SCC(=O)NNC(=O)c3ccc(C)cc3)n12. The van der Waals surface area contributed by atoms with Gasteiger partial charge in [-0.15, -0.1) is 10.2 Å². The highest BCUT2D eigenvalue weighted by molar-refractivity contribution is 7.99. The van der Waals surface area contributed by atoms with Crippen molar-refractivity contribution in [3.8, 4) is 0 Å². The van der Waals surface area contributed by atoms with Crippen LogP contribution in [0.25, 0.3) is 16.6 Å². The van der Waals surface area contributed by atoms with Crippen molar-refractivity contribution >= 4 is 40.1 Å². The van der Waals surface area contributed by atoms with Crippen molar-refractivity contribution in [1.82, 2.24) is 25.4 Å². The smallest absolute Gasteiger partial charge is 0.269 e. The Labute approximate surface area is 184 Å². The Morgan fingerprint density at radius 1 is 1.00 bits per heavy atom. The van der Waals surface area contributed by atoms with Crippen LogP contribution in [0.3, 0.4) is 0 Å². The van der Waals surface area contributed by atoms with Crippen molar-refractivity contribution in [2.45, 2.75) is 32.3 Å². The molecule has 4 rings (SSSR count). The van der Waals surface area contributed by atoms with E-state index in [0.29, 0.717) is 10.7 Å². The average molecular weight is 434 g/mol. The summed E-state index contributed by atoms with van der Waals surface area (Å²) in [6.07, 6.45) is 0.964. The molecule has 0 aliphatic heterocycles. The lowest BCUT2D eigenvalue weighted by atomic mass is 10.1. The van der Waals surface area contributed by atoms with Crippen molar-refractivity contribution in [3.63, 3.8) is 0 Å². The van der Waals surface area contributed by atoms with E-state index < -0.39 is 0 Å². The summed E-state index contributed by atoms with van der Waals surface area (Å²) < 4.78 is 1.98. The maximum absolute atomic E-state index is 12.3. The molecule has 31 heavy (non-hydrogen) atoms. The van der Waals surface area contributed by atoms with Crippen LogP contribution in [0.2, 0.25) is 0 Å². The molecule has 0 saturated carbocycles. The van der Waals surface area contributed by atoms with Gasteiger partial charge in [0.25, 0.3) is 5.91 Å². The molecule has 0 unspecified atom stereocenters. The van der Waals surface area contributed by atoms with Crippen molar-refractivity contribution in [2.75, 3.05) is 5.75 Å². The van der Waals surface area contributed by atoms with E-state index in [0.717, 1.165) is 34.1 Å². The summed E-state index contributed by atoms with van der Waals surface area (Å²) in [5.74, 6) is -0.593. The van der Waals surface area contributed by atoms with Crippen molar-refractivity contribution in [1.29, 1.82) is 0 Å². The second-order valence-electron chi connectivity index (χ2n) is 7.37. The van der Waals surface area contributed by atoms with Crippen LogP contribution in [0, 0.1) is 13.8 Å².